The van der Waals surface area contributed by atoms with Crippen molar-refractivity contribution in [2.45, 2.75) is 24.4 Å². The summed E-state index contributed by atoms with van der Waals surface area (Å²) in [5.41, 5.74) is 0. The van der Waals surface area contributed by atoms with Crippen molar-refractivity contribution in [3.05, 3.63) is 0 Å². The summed E-state index contributed by atoms with van der Waals surface area (Å²) in [6.07, 6.45) is -5.93. The Morgan fingerprint density at radius 3 is 2.33 bits per heavy atom. The Morgan fingerprint density at radius 2 is 1.83 bits per heavy atom. The van der Waals surface area contributed by atoms with E-state index < -0.39 is 37.0 Å². The summed E-state index contributed by atoms with van der Waals surface area (Å²) in [5.74, 6) is -1.04. The van der Waals surface area contributed by atoms with Gasteiger partial charge in [0.15, 0.2) is 12.2 Å². The highest BCUT2D eigenvalue weighted by atomic mass is 16.6. The molecule has 0 aromatic carbocycles. The summed E-state index contributed by atoms with van der Waals surface area (Å²) >= 11 is 0. The summed E-state index contributed by atoms with van der Waals surface area (Å²) in [5, 5.41) is 35.5. The molecule has 4 N–H and O–H groups in total. The fourth-order valence-electron chi connectivity index (χ4n) is 0.980. The van der Waals surface area contributed by atoms with Crippen LogP contribution in [0.4, 0.5) is 0 Å². The third-order valence-corrected chi connectivity index (χ3v) is 1.74. The lowest BCUT2D eigenvalue weighted by atomic mass is 10.0. The second-order valence-corrected chi connectivity index (χ2v) is 2.58. The Bertz CT molecular complexity index is 179. The summed E-state index contributed by atoms with van der Waals surface area (Å²) in [7, 11) is 0. The first-order valence-electron chi connectivity index (χ1n) is 3.43. The Balaban J connectivity index is 2.70. The third-order valence-electron chi connectivity index (χ3n) is 1.74. The number of aliphatic hydroxyl groups excluding tert-OH is 4. The van der Waals surface area contributed by atoms with Gasteiger partial charge in [-0.1, -0.05) is 0 Å². The first-order valence-corrected chi connectivity index (χ1v) is 3.43. The van der Waals surface area contributed by atoms with Crippen LogP contribution in [0, 0.1) is 0 Å². The SMILES string of the molecule is O=C1O[C@H](CO)[C@H](O)[C@H](O)[C@H]1O. The van der Waals surface area contributed by atoms with Crippen molar-refractivity contribution in [1.82, 2.24) is 0 Å². The molecule has 0 aromatic rings. The van der Waals surface area contributed by atoms with Crippen molar-refractivity contribution in [3.63, 3.8) is 0 Å². The number of esters is 1. The van der Waals surface area contributed by atoms with Crippen LogP contribution in [0.1, 0.15) is 0 Å². The van der Waals surface area contributed by atoms with Crippen LogP contribution in [-0.2, 0) is 9.53 Å². The van der Waals surface area contributed by atoms with Gasteiger partial charge >= 0.3 is 5.97 Å². The van der Waals surface area contributed by atoms with Crippen LogP contribution >= 0.6 is 0 Å². The molecule has 6 nitrogen and oxygen atoms in total. The van der Waals surface area contributed by atoms with E-state index in [-0.39, 0.29) is 0 Å². The molecule has 4 atom stereocenters. The van der Waals surface area contributed by atoms with Gasteiger partial charge in [0.25, 0.3) is 0 Å². The van der Waals surface area contributed by atoms with Crippen LogP contribution in [0.3, 0.4) is 0 Å². The van der Waals surface area contributed by atoms with Gasteiger partial charge in [0.05, 0.1) is 6.61 Å². The van der Waals surface area contributed by atoms with Crippen LogP contribution in [0.25, 0.3) is 0 Å². The van der Waals surface area contributed by atoms with Gasteiger partial charge in [-0.25, -0.2) is 4.79 Å². The first-order chi connectivity index (χ1) is 5.57. The maximum atomic E-state index is 10.7. The third kappa shape index (κ3) is 1.42. The summed E-state index contributed by atoms with van der Waals surface area (Å²) < 4.78 is 4.38. The molecule has 1 rings (SSSR count). The van der Waals surface area contributed by atoms with Gasteiger partial charge in [0.2, 0.25) is 0 Å². The lowest BCUT2D eigenvalue weighted by Gasteiger charge is -2.32. The smallest absolute Gasteiger partial charge is 0.338 e. The van der Waals surface area contributed by atoms with Gasteiger partial charge in [-0.3, -0.25) is 0 Å². The number of ether oxygens (including phenoxy) is 1. The first kappa shape index (κ1) is 9.40. The van der Waals surface area contributed by atoms with E-state index in [0.29, 0.717) is 0 Å². The van der Waals surface area contributed by atoms with E-state index in [9.17, 15) is 4.79 Å². The Morgan fingerprint density at radius 1 is 1.25 bits per heavy atom. The van der Waals surface area contributed by atoms with Crippen LogP contribution in [-0.4, -0.2) is 57.4 Å². The molecule has 0 amide bonds. The van der Waals surface area contributed by atoms with Crippen molar-refractivity contribution >= 4 is 5.97 Å². The molecule has 6 heteroatoms. The molecule has 0 spiro atoms. The van der Waals surface area contributed by atoms with E-state index in [1.807, 2.05) is 0 Å². The minimum Gasteiger partial charge on any atom is -0.455 e. The highest BCUT2D eigenvalue weighted by Gasteiger charge is 2.43. The zero-order chi connectivity index (χ0) is 9.30. The number of hydrogen-bond acceptors (Lipinski definition) is 6. The molecule has 0 radical (unpaired) electrons. The minimum absolute atomic E-state index is 0.587. The molecule has 1 aliphatic heterocycles. The number of aliphatic hydroxyl groups is 4. The lowest BCUT2D eigenvalue weighted by molar-refractivity contribution is -0.206. The van der Waals surface area contributed by atoms with Crippen LogP contribution in [0.5, 0.6) is 0 Å². The van der Waals surface area contributed by atoms with Crippen molar-refractivity contribution in [2.75, 3.05) is 6.61 Å². The summed E-state index contributed by atoms with van der Waals surface area (Å²) in [6.45, 7) is -0.587. The monoisotopic (exact) mass is 178 g/mol. The molecule has 1 heterocycles. The average molecular weight is 178 g/mol. The number of hydrogen-bond donors (Lipinski definition) is 4. The van der Waals surface area contributed by atoms with Gasteiger partial charge in [-0.15, -0.1) is 0 Å². The Hall–Kier alpha value is -0.690. The summed E-state index contributed by atoms with van der Waals surface area (Å²) in [4.78, 5) is 10.7. The second-order valence-electron chi connectivity index (χ2n) is 2.58. The van der Waals surface area contributed by atoms with Crippen LogP contribution in [0.15, 0.2) is 0 Å². The van der Waals surface area contributed by atoms with Crippen LogP contribution in [0.2, 0.25) is 0 Å². The van der Waals surface area contributed by atoms with Gasteiger partial charge < -0.3 is 25.2 Å². The van der Waals surface area contributed by atoms with E-state index in [0.717, 1.165) is 0 Å². The van der Waals surface area contributed by atoms with E-state index in [1.54, 1.807) is 0 Å². The Kier molecular flexibility index (Phi) is 2.63. The normalized spacial score (nSPS) is 42.5. The van der Waals surface area contributed by atoms with Crippen molar-refractivity contribution in [2.24, 2.45) is 0 Å². The second kappa shape index (κ2) is 3.36. The molecule has 12 heavy (non-hydrogen) atoms. The van der Waals surface area contributed by atoms with Gasteiger partial charge in [0, 0.05) is 0 Å². The van der Waals surface area contributed by atoms with Crippen LogP contribution < -0.4 is 0 Å². The largest absolute Gasteiger partial charge is 0.455 e. The zero-order valence-corrected chi connectivity index (χ0v) is 6.12. The van der Waals surface area contributed by atoms with Gasteiger partial charge in [-0.2, -0.15) is 0 Å². The number of carbonyl (C=O) groups is 1. The number of carbonyl (C=O) groups excluding carboxylic acids is 1. The van der Waals surface area contributed by atoms with E-state index >= 15 is 0 Å². The molecule has 0 saturated carbocycles. The molecule has 1 saturated heterocycles. The predicted molar refractivity (Wildman–Crippen MR) is 35.0 cm³/mol. The lowest BCUT2D eigenvalue weighted by Crippen LogP contribution is -2.56. The van der Waals surface area contributed by atoms with E-state index in [4.69, 9.17) is 20.4 Å². The van der Waals surface area contributed by atoms with E-state index in [1.165, 1.54) is 0 Å². The maximum absolute atomic E-state index is 10.7. The minimum atomic E-state index is -1.73. The van der Waals surface area contributed by atoms with Crippen molar-refractivity contribution in [3.8, 4) is 0 Å². The number of cyclic esters (lactones) is 1. The van der Waals surface area contributed by atoms with Gasteiger partial charge in [0.1, 0.15) is 12.2 Å². The standard InChI is InChI=1S/C6H10O6/c7-1-2-3(8)4(9)5(10)6(11)12-2/h2-5,7-10H,1H2/t2-,3+,4+,5-/m1/s1. The molecule has 0 unspecified atom stereocenters. The fourth-order valence-corrected chi connectivity index (χ4v) is 0.980. The maximum Gasteiger partial charge on any atom is 0.338 e. The fraction of sp³-hybridized carbons (Fsp3) is 0.833. The molecule has 1 fully saturated rings. The van der Waals surface area contributed by atoms with Gasteiger partial charge in [-0.05, 0) is 0 Å². The van der Waals surface area contributed by atoms with Crippen molar-refractivity contribution in [1.29, 1.82) is 0 Å². The quantitative estimate of drug-likeness (QED) is 0.318. The van der Waals surface area contributed by atoms with E-state index in [2.05, 4.69) is 4.74 Å². The zero-order valence-electron chi connectivity index (χ0n) is 6.12. The average Bonchev–Trinajstić information content (AvgIpc) is 2.08. The molecular weight excluding hydrogens is 168 g/mol. The predicted octanol–water partition coefficient (Wildman–Crippen LogP) is -3.01. The highest BCUT2D eigenvalue weighted by molar-refractivity contribution is 5.76. The Labute approximate surface area is 68.0 Å². The molecule has 0 bridgehead atoms. The van der Waals surface area contributed by atoms with Crippen molar-refractivity contribution < 1.29 is 30.0 Å². The molecule has 0 aliphatic carbocycles. The summed E-state index contributed by atoms with van der Waals surface area (Å²) in [6, 6.07) is 0. The highest BCUT2D eigenvalue weighted by Crippen LogP contribution is 2.15. The molecular formula is C6H10O6. The molecule has 70 valence electrons. The molecule has 1 aliphatic rings. The molecule has 0 aromatic heterocycles. The number of rotatable bonds is 1. The topological polar surface area (TPSA) is 107 Å².